The molecule has 2 amide bonds. The highest BCUT2D eigenvalue weighted by atomic mass is 16.6. The van der Waals surface area contributed by atoms with Crippen molar-refractivity contribution in [2.45, 2.75) is 52.5 Å². The molecule has 0 aliphatic carbocycles. The number of carbonyl (C=O) groups excluding carboxylic acids is 2. The van der Waals surface area contributed by atoms with Gasteiger partial charge >= 0.3 is 6.09 Å². The molecule has 1 saturated heterocycles. The Labute approximate surface area is 155 Å². The van der Waals surface area contributed by atoms with Gasteiger partial charge in [0.2, 0.25) is 5.91 Å². The molecule has 144 valence electrons. The van der Waals surface area contributed by atoms with E-state index in [-0.39, 0.29) is 18.0 Å². The monoisotopic (exact) mass is 362 g/mol. The third-order valence-electron chi connectivity index (χ3n) is 4.59. The molecule has 0 radical (unpaired) electrons. The fourth-order valence-electron chi connectivity index (χ4n) is 3.15. The highest BCUT2D eigenvalue weighted by molar-refractivity contribution is 5.76. The first-order valence-corrected chi connectivity index (χ1v) is 9.41. The van der Waals surface area contributed by atoms with Crippen LogP contribution in [0.15, 0.2) is 18.2 Å². The molecule has 6 nitrogen and oxygen atoms in total. The van der Waals surface area contributed by atoms with Crippen LogP contribution >= 0.6 is 0 Å². The van der Waals surface area contributed by atoms with Crippen LogP contribution in [0.3, 0.4) is 0 Å². The second-order valence-electron chi connectivity index (χ2n) is 6.70. The Hall–Kier alpha value is -2.24. The van der Waals surface area contributed by atoms with E-state index in [0.29, 0.717) is 39.1 Å². The number of carbonyl (C=O) groups is 2. The lowest BCUT2D eigenvalue weighted by Gasteiger charge is -2.31. The summed E-state index contributed by atoms with van der Waals surface area (Å²) < 4.78 is 10.8. The number of aryl methyl sites for hydroxylation is 2. The fraction of sp³-hybridized carbons (Fsp3) is 0.600. The van der Waals surface area contributed by atoms with Gasteiger partial charge in [-0.05, 0) is 51.2 Å². The lowest BCUT2D eigenvalue weighted by Crippen LogP contribution is -2.46. The number of hydrogen-bond acceptors (Lipinski definition) is 4. The Morgan fingerprint density at radius 3 is 2.46 bits per heavy atom. The largest absolute Gasteiger partial charge is 0.493 e. The van der Waals surface area contributed by atoms with Gasteiger partial charge in [-0.2, -0.15) is 0 Å². The van der Waals surface area contributed by atoms with Crippen molar-refractivity contribution in [3.05, 3.63) is 29.3 Å². The van der Waals surface area contributed by atoms with E-state index in [9.17, 15) is 9.59 Å². The summed E-state index contributed by atoms with van der Waals surface area (Å²) in [6, 6.07) is 6.20. The Morgan fingerprint density at radius 2 is 1.85 bits per heavy atom. The van der Waals surface area contributed by atoms with Gasteiger partial charge in [0.05, 0.1) is 13.2 Å². The van der Waals surface area contributed by atoms with E-state index >= 15 is 0 Å². The van der Waals surface area contributed by atoms with E-state index in [0.717, 1.165) is 29.7 Å². The molecule has 26 heavy (non-hydrogen) atoms. The van der Waals surface area contributed by atoms with Crippen LogP contribution in [0.4, 0.5) is 4.79 Å². The van der Waals surface area contributed by atoms with Crippen LogP contribution in [-0.2, 0) is 9.53 Å². The fourth-order valence-corrected chi connectivity index (χ4v) is 3.15. The summed E-state index contributed by atoms with van der Waals surface area (Å²) in [4.78, 5) is 25.5. The predicted molar refractivity (Wildman–Crippen MR) is 100 cm³/mol. The zero-order valence-electron chi connectivity index (χ0n) is 16.0. The van der Waals surface area contributed by atoms with E-state index in [2.05, 4.69) is 5.32 Å². The number of benzene rings is 1. The van der Waals surface area contributed by atoms with Gasteiger partial charge in [0, 0.05) is 25.6 Å². The van der Waals surface area contributed by atoms with Gasteiger partial charge < -0.3 is 19.7 Å². The lowest BCUT2D eigenvalue weighted by atomic mass is 10.1. The van der Waals surface area contributed by atoms with Crippen molar-refractivity contribution >= 4 is 12.0 Å². The van der Waals surface area contributed by atoms with Crippen molar-refractivity contribution in [1.29, 1.82) is 0 Å². The van der Waals surface area contributed by atoms with E-state index in [1.165, 1.54) is 0 Å². The summed E-state index contributed by atoms with van der Waals surface area (Å²) in [6.45, 7) is 8.02. The number of nitrogens with one attached hydrogen (secondary N) is 1. The second kappa shape index (κ2) is 10.0. The molecule has 6 heteroatoms. The molecule has 0 saturated carbocycles. The minimum absolute atomic E-state index is 0.0460. The maximum absolute atomic E-state index is 12.1. The van der Waals surface area contributed by atoms with Crippen molar-refractivity contribution < 1.29 is 19.1 Å². The Balaban J connectivity index is 1.63. The molecule has 0 spiro atoms. The van der Waals surface area contributed by atoms with Gasteiger partial charge in [-0.25, -0.2) is 4.79 Å². The van der Waals surface area contributed by atoms with E-state index in [4.69, 9.17) is 9.47 Å². The van der Waals surface area contributed by atoms with Gasteiger partial charge in [0.1, 0.15) is 5.75 Å². The molecule has 0 aromatic heterocycles. The molecule has 1 heterocycles. The van der Waals surface area contributed by atoms with Gasteiger partial charge in [-0.1, -0.05) is 18.2 Å². The quantitative estimate of drug-likeness (QED) is 0.757. The number of hydrogen-bond donors (Lipinski definition) is 1. The van der Waals surface area contributed by atoms with Crippen LogP contribution in [-0.4, -0.2) is 49.2 Å². The van der Waals surface area contributed by atoms with Gasteiger partial charge in [0.25, 0.3) is 0 Å². The molecule has 1 aromatic carbocycles. The summed E-state index contributed by atoms with van der Waals surface area (Å²) in [7, 11) is 0. The Kier molecular flexibility index (Phi) is 7.75. The molecule has 1 N–H and O–H groups in total. The van der Waals surface area contributed by atoms with Crippen LogP contribution in [0, 0.1) is 13.8 Å². The standard InChI is InChI=1S/C20H30N2O4/c1-4-25-20(24)22-12-10-17(11-13-22)21-18(23)9-6-14-26-19-15(2)7-5-8-16(19)3/h5,7-8,17H,4,6,9-14H2,1-3H3,(H,21,23). The molecule has 1 aliphatic rings. The first kappa shape index (κ1) is 20.1. The van der Waals surface area contributed by atoms with Crippen LogP contribution in [0.5, 0.6) is 5.75 Å². The zero-order valence-corrected chi connectivity index (χ0v) is 16.0. The van der Waals surface area contributed by atoms with Crippen molar-refractivity contribution in [2.24, 2.45) is 0 Å². The molecule has 1 fully saturated rings. The maximum Gasteiger partial charge on any atom is 0.409 e. The van der Waals surface area contributed by atoms with E-state index in [1.807, 2.05) is 32.0 Å². The van der Waals surface area contributed by atoms with Crippen LogP contribution in [0.2, 0.25) is 0 Å². The van der Waals surface area contributed by atoms with E-state index in [1.54, 1.807) is 11.8 Å². The van der Waals surface area contributed by atoms with Crippen molar-refractivity contribution in [2.75, 3.05) is 26.3 Å². The van der Waals surface area contributed by atoms with Gasteiger partial charge in [-0.15, -0.1) is 0 Å². The topological polar surface area (TPSA) is 67.9 Å². The molecular weight excluding hydrogens is 332 g/mol. The molecular formula is C20H30N2O4. The van der Waals surface area contributed by atoms with Gasteiger partial charge in [0.15, 0.2) is 0 Å². The lowest BCUT2D eigenvalue weighted by molar-refractivity contribution is -0.122. The number of ether oxygens (including phenoxy) is 2. The number of likely N-dealkylation sites (tertiary alicyclic amines) is 1. The van der Waals surface area contributed by atoms with Crippen LogP contribution in [0.1, 0.15) is 43.7 Å². The number of rotatable bonds is 7. The maximum atomic E-state index is 12.1. The Bertz CT molecular complexity index is 590. The minimum atomic E-state index is -0.263. The third kappa shape index (κ3) is 5.93. The summed E-state index contributed by atoms with van der Waals surface area (Å²) in [5.41, 5.74) is 2.23. The molecule has 0 unspecified atom stereocenters. The van der Waals surface area contributed by atoms with E-state index < -0.39 is 0 Å². The average molecular weight is 362 g/mol. The molecule has 0 atom stereocenters. The van der Waals surface area contributed by atoms with Crippen molar-refractivity contribution in [3.8, 4) is 5.75 Å². The number of nitrogens with zero attached hydrogens (tertiary/aromatic N) is 1. The molecule has 0 bridgehead atoms. The normalized spacial score (nSPS) is 14.8. The third-order valence-corrected chi connectivity index (χ3v) is 4.59. The number of amides is 2. The first-order chi connectivity index (χ1) is 12.5. The molecule has 1 aliphatic heterocycles. The summed E-state index contributed by atoms with van der Waals surface area (Å²) in [5, 5.41) is 3.06. The summed E-state index contributed by atoms with van der Waals surface area (Å²) in [5.74, 6) is 0.962. The average Bonchev–Trinajstić information content (AvgIpc) is 2.61. The smallest absolute Gasteiger partial charge is 0.409 e. The van der Waals surface area contributed by atoms with Crippen molar-refractivity contribution in [1.82, 2.24) is 10.2 Å². The summed E-state index contributed by atoms with van der Waals surface area (Å²) >= 11 is 0. The van der Waals surface area contributed by atoms with Crippen molar-refractivity contribution in [3.63, 3.8) is 0 Å². The predicted octanol–water partition coefficient (Wildman–Crippen LogP) is 3.20. The number of piperidine rings is 1. The number of para-hydroxylation sites is 1. The SMILES string of the molecule is CCOC(=O)N1CCC(NC(=O)CCCOc2c(C)cccc2C)CC1. The Morgan fingerprint density at radius 1 is 1.19 bits per heavy atom. The zero-order chi connectivity index (χ0) is 18.9. The van der Waals surface area contributed by atoms with Crippen LogP contribution < -0.4 is 10.1 Å². The minimum Gasteiger partial charge on any atom is -0.493 e. The second-order valence-corrected chi connectivity index (χ2v) is 6.70. The van der Waals surface area contributed by atoms with Gasteiger partial charge in [-0.3, -0.25) is 4.79 Å². The highest BCUT2D eigenvalue weighted by Crippen LogP contribution is 2.22. The molecule has 2 rings (SSSR count). The van der Waals surface area contributed by atoms with Crippen LogP contribution in [0.25, 0.3) is 0 Å². The first-order valence-electron chi connectivity index (χ1n) is 9.41. The molecule has 1 aromatic rings. The summed E-state index contributed by atoms with van der Waals surface area (Å²) in [6.07, 6.45) is 2.40. The highest BCUT2D eigenvalue weighted by Gasteiger charge is 2.24.